The summed E-state index contributed by atoms with van der Waals surface area (Å²) < 4.78 is 35.7. The van der Waals surface area contributed by atoms with Gasteiger partial charge in [-0.2, -0.15) is 8.42 Å². The lowest BCUT2D eigenvalue weighted by Crippen LogP contribution is -2.48. The topological polar surface area (TPSA) is 159 Å². The molecule has 0 spiro atoms. The van der Waals surface area contributed by atoms with Crippen molar-refractivity contribution in [1.82, 2.24) is 10.6 Å². The van der Waals surface area contributed by atoms with Crippen LogP contribution in [0.5, 0.6) is 0 Å². The van der Waals surface area contributed by atoms with Gasteiger partial charge in [0.05, 0.1) is 5.75 Å². The molecule has 2 aromatic carbocycles. The van der Waals surface area contributed by atoms with E-state index in [1.807, 2.05) is 48.5 Å². The van der Waals surface area contributed by atoms with Gasteiger partial charge in [0.15, 0.2) is 0 Å². The molecule has 0 aromatic heterocycles. The number of carbonyl (C=O) groups is 3. The number of rotatable bonds is 10. The molecule has 1 atom stereocenters. The lowest BCUT2D eigenvalue weighted by molar-refractivity contribution is -0.137. The van der Waals surface area contributed by atoms with E-state index in [4.69, 9.17) is 14.4 Å². The largest absolute Gasteiger partial charge is 0.481 e. The number of amides is 2. The smallest absolute Gasteiger partial charge is 0.407 e. The fourth-order valence-corrected chi connectivity index (χ4v) is 4.11. The fraction of sp³-hybridized carbons (Fsp3) is 0.318. The summed E-state index contributed by atoms with van der Waals surface area (Å²) in [5, 5.41) is 13.5. The number of alkyl carbamates (subject to hydrolysis) is 1. The van der Waals surface area contributed by atoms with Gasteiger partial charge in [-0.05, 0) is 28.7 Å². The number of fused-ring (bicyclic) bond motifs is 3. The molecule has 2 aromatic rings. The van der Waals surface area contributed by atoms with Crippen LogP contribution in [0.15, 0.2) is 48.5 Å². The van der Waals surface area contributed by atoms with Gasteiger partial charge in [-0.1, -0.05) is 48.5 Å². The minimum absolute atomic E-state index is 0.00981. The van der Waals surface area contributed by atoms with Crippen LogP contribution in [-0.2, 0) is 24.4 Å². The Hall–Kier alpha value is -3.44. The molecule has 1 aliphatic carbocycles. The molecule has 0 radical (unpaired) electrons. The molecule has 0 aliphatic heterocycles. The first-order valence-corrected chi connectivity index (χ1v) is 11.8. The van der Waals surface area contributed by atoms with Gasteiger partial charge in [-0.3, -0.25) is 14.1 Å². The second kappa shape index (κ2) is 10.5. The molecule has 10 nitrogen and oxygen atoms in total. The Morgan fingerprint density at radius 1 is 1.00 bits per heavy atom. The number of carboxylic acids is 1. The molecule has 11 heteroatoms. The third-order valence-corrected chi connectivity index (χ3v) is 5.98. The highest BCUT2D eigenvalue weighted by Gasteiger charge is 2.30. The average Bonchev–Trinajstić information content (AvgIpc) is 3.08. The number of benzene rings is 2. The number of hydrogen-bond donors (Lipinski definition) is 4. The summed E-state index contributed by atoms with van der Waals surface area (Å²) in [6.45, 7) is -0.385. The molecule has 0 saturated carbocycles. The normalized spacial score (nSPS) is 13.5. The van der Waals surface area contributed by atoms with Crippen molar-refractivity contribution >= 4 is 28.1 Å². The van der Waals surface area contributed by atoms with Gasteiger partial charge >= 0.3 is 12.1 Å². The first-order valence-electron chi connectivity index (χ1n) is 10.2. The summed E-state index contributed by atoms with van der Waals surface area (Å²) in [4.78, 5) is 35.6. The maximum atomic E-state index is 12.4. The van der Waals surface area contributed by atoms with E-state index in [1.54, 1.807) is 0 Å². The zero-order valence-corrected chi connectivity index (χ0v) is 18.4. The minimum Gasteiger partial charge on any atom is -0.481 e. The molecule has 33 heavy (non-hydrogen) atoms. The number of nitrogens with one attached hydrogen (secondary N) is 2. The van der Waals surface area contributed by atoms with Crippen molar-refractivity contribution in [3.05, 3.63) is 59.7 Å². The second-order valence-electron chi connectivity index (χ2n) is 7.53. The molecular formula is C22H24N2O8S. The Labute approximate surface area is 190 Å². The van der Waals surface area contributed by atoms with Crippen molar-refractivity contribution in [3.8, 4) is 11.1 Å². The van der Waals surface area contributed by atoms with E-state index in [-0.39, 0.29) is 18.9 Å². The highest BCUT2D eigenvalue weighted by molar-refractivity contribution is 7.85. The van der Waals surface area contributed by atoms with Crippen LogP contribution in [0.4, 0.5) is 4.79 Å². The maximum Gasteiger partial charge on any atom is 0.407 e. The molecular weight excluding hydrogens is 452 g/mol. The van der Waals surface area contributed by atoms with Gasteiger partial charge in [-0.25, -0.2) is 4.79 Å². The molecule has 0 saturated heterocycles. The van der Waals surface area contributed by atoms with Crippen molar-refractivity contribution in [2.75, 3.05) is 18.9 Å². The van der Waals surface area contributed by atoms with Crippen LogP contribution in [-0.4, -0.2) is 61.0 Å². The van der Waals surface area contributed by atoms with E-state index in [0.29, 0.717) is 0 Å². The maximum absolute atomic E-state index is 12.4. The summed E-state index contributed by atoms with van der Waals surface area (Å²) in [6.07, 6.45) is -1.53. The van der Waals surface area contributed by atoms with Crippen molar-refractivity contribution in [2.24, 2.45) is 0 Å². The Morgan fingerprint density at radius 2 is 1.58 bits per heavy atom. The quantitative estimate of drug-likeness (QED) is 0.378. The first kappa shape index (κ1) is 24.2. The van der Waals surface area contributed by atoms with Crippen LogP contribution in [0.25, 0.3) is 11.1 Å². The summed E-state index contributed by atoms with van der Waals surface area (Å²) in [6, 6.07) is 14.3. The lowest BCUT2D eigenvalue weighted by atomic mass is 9.98. The molecule has 1 aliphatic rings. The Bertz CT molecular complexity index is 1100. The SMILES string of the molecule is O=C(O)CCC(NC(=O)OCC1c2ccccc2-c2ccccc21)C(=O)NCCS(=O)(=O)O. The van der Waals surface area contributed by atoms with Crippen molar-refractivity contribution in [1.29, 1.82) is 0 Å². The lowest BCUT2D eigenvalue weighted by Gasteiger charge is -2.19. The standard InChI is InChI=1S/C22H24N2O8S/c25-20(26)10-9-19(21(27)23-11-12-33(29,30)31)24-22(28)32-13-18-16-7-3-1-5-14(16)15-6-2-4-8-17(15)18/h1-8,18-19H,9-13H2,(H,23,27)(H,24,28)(H,25,26)(H,29,30,31). The molecule has 4 N–H and O–H groups in total. The third kappa shape index (κ3) is 6.53. The van der Waals surface area contributed by atoms with Gasteiger partial charge in [0.2, 0.25) is 5.91 Å². The summed E-state index contributed by atoms with van der Waals surface area (Å²) in [5.74, 6) is -2.85. The van der Waals surface area contributed by atoms with Gasteiger partial charge in [0.1, 0.15) is 12.6 Å². The second-order valence-corrected chi connectivity index (χ2v) is 9.10. The van der Waals surface area contributed by atoms with Gasteiger partial charge in [0, 0.05) is 18.9 Å². The van der Waals surface area contributed by atoms with Crippen molar-refractivity contribution in [2.45, 2.75) is 24.8 Å². The number of hydrogen-bond acceptors (Lipinski definition) is 6. The molecule has 0 bridgehead atoms. The van der Waals surface area contributed by atoms with Gasteiger partial charge in [0.25, 0.3) is 10.1 Å². The van der Waals surface area contributed by atoms with Crippen molar-refractivity contribution in [3.63, 3.8) is 0 Å². The Balaban J connectivity index is 1.63. The summed E-state index contributed by atoms with van der Waals surface area (Å²) >= 11 is 0. The number of aliphatic carboxylic acids is 1. The molecule has 3 rings (SSSR count). The monoisotopic (exact) mass is 476 g/mol. The molecule has 176 valence electrons. The van der Waals surface area contributed by atoms with Crippen LogP contribution in [0.2, 0.25) is 0 Å². The van der Waals surface area contributed by atoms with Crippen LogP contribution < -0.4 is 10.6 Å². The molecule has 2 amide bonds. The van der Waals surface area contributed by atoms with Gasteiger partial charge in [-0.15, -0.1) is 0 Å². The van der Waals surface area contributed by atoms with E-state index in [2.05, 4.69) is 10.6 Å². The average molecular weight is 477 g/mol. The molecule has 1 unspecified atom stereocenters. The number of carbonyl (C=O) groups excluding carboxylic acids is 2. The van der Waals surface area contributed by atoms with E-state index in [0.717, 1.165) is 22.3 Å². The van der Waals surface area contributed by atoms with E-state index in [1.165, 1.54) is 0 Å². The highest BCUT2D eigenvalue weighted by Crippen LogP contribution is 2.44. The van der Waals surface area contributed by atoms with E-state index < -0.39 is 52.8 Å². The predicted octanol–water partition coefficient (Wildman–Crippen LogP) is 1.76. The van der Waals surface area contributed by atoms with Crippen LogP contribution in [0.3, 0.4) is 0 Å². The van der Waals surface area contributed by atoms with E-state index >= 15 is 0 Å². The van der Waals surface area contributed by atoms with Gasteiger partial charge < -0.3 is 20.5 Å². The summed E-state index contributed by atoms with van der Waals surface area (Å²) in [5.41, 5.74) is 4.13. The fourth-order valence-electron chi connectivity index (χ4n) is 3.75. The third-order valence-electron chi connectivity index (χ3n) is 5.26. The van der Waals surface area contributed by atoms with Crippen molar-refractivity contribution < 1.29 is 37.2 Å². The highest BCUT2D eigenvalue weighted by atomic mass is 32.2. The number of carboxylic acid groups (broad SMARTS) is 1. The zero-order valence-electron chi connectivity index (χ0n) is 17.6. The van der Waals surface area contributed by atoms with Crippen LogP contribution in [0.1, 0.15) is 29.9 Å². The predicted molar refractivity (Wildman–Crippen MR) is 118 cm³/mol. The first-order chi connectivity index (χ1) is 15.7. The number of ether oxygens (including phenoxy) is 1. The molecule has 0 heterocycles. The Morgan fingerprint density at radius 3 is 2.12 bits per heavy atom. The van der Waals surface area contributed by atoms with Crippen LogP contribution >= 0.6 is 0 Å². The summed E-state index contributed by atoms with van der Waals surface area (Å²) in [7, 11) is -4.28. The molecule has 0 fully saturated rings. The Kier molecular flexibility index (Phi) is 7.67. The van der Waals surface area contributed by atoms with Crippen LogP contribution in [0, 0.1) is 0 Å². The minimum atomic E-state index is -4.28. The van der Waals surface area contributed by atoms with E-state index in [9.17, 15) is 22.8 Å². The zero-order chi connectivity index (χ0) is 24.0.